The number of nitriles is 1. The van der Waals surface area contributed by atoms with Gasteiger partial charge in [0.1, 0.15) is 0 Å². The van der Waals surface area contributed by atoms with Gasteiger partial charge in [-0.25, -0.2) is 10.1 Å². The Balaban J connectivity index is 0. The molecule has 0 heterocycles. The Morgan fingerprint density at radius 2 is 2.44 bits per heavy atom. The SMILES string of the molecule is CCOC(=O)NC#N.[K+]. The Kier molecular flexibility index (Phi) is 11.3. The number of alkyl carbamates (subject to hydrolysis) is 1. The zero-order chi connectivity index (χ0) is 6.41. The van der Waals surface area contributed by atoms with Crippen LogP contribution in [-0.4, -0.2) is 12.7 Å². The predicted octanol–water partition coefficient (Wildman–Crippen LogP) is -2.78. The van der Waals surface area contributed by atoms with Crippen LogP contribution in [0.25, 0.3) is 0 Å². The number of hydrogen-bond acceptors (Lipinski definition) is 3. The Hall–Kier alpha value is 0.396. The van der Waals surface area contributed by atoms with Gasteiger partial charge in [0.15, 0.2) is 6.19 Å². The van der Waals surface area contributed by atoms with Gasteiger partial charge < -0.3 is 4.74 Å². The summed E-state index contributed by atoms with van der Waals surface area (Å²) in [6.07, 6.45) is 0.729. The zero-order valence-electron chi connectivity index (χ0n) is 5.47. The van der Waals surface area contributed by atoms with Crippen molar-refractivity contribution in [2.45, 2.75) is 6.92 Å². The molecule has 0 saturated heterocycles. The molecule has 0 aromatic heterocycles. The molecule has 1 amide bonds. The third-order valence-electron chi connectivity index (χ3n) is 0.433. The van der Waals surface area contributed by atoms with Crippen LogP contribution in [0.4, 0.5) is 4.79 Å². The second-order valence-corrected chi connectivity index (χ2v) is 0.957. The van der Waals surface area contributed by atoms with E-state index in [0.29, 0.717) is 0 Å². The van der Waals surface area contributed by atoms with Crippen LogP contribution in [0.3, 0.4) is 0 Å². The average molecular weight is 153 g/mol. The first-order valence-electron chi connectivity index (χ1n) is 2.13. The molecule has 0 aliphatic rings. The van der Waals surface area contributed by atoms with E-state index in [1.165, 1.54) is 6.19 Å². The predicted molar refractivity (Wildman–Crippen MR) is 25.8 cm³/mol. The standard InChI is InChI=1S/C4H6N2O2.K/c1-2-8-4(7)6-3-5;/h2H2,1H3,(H,6,7);/q;+1. The second-order valence-electron chi connectivity index (χ2n) is 0.957. The fourth-order valence-electron chi connectivity index (χ4n) is 0.213. The number of carbonyl (C=O) groups excluding carboxylic acids is 1. The molecule has 0 aliphatic heterocycles. The van der Waals surface area contributed by atoms with Crippen LogP contribution in [0.5, 0.6) is 0 Å². The number of hydrogen-bond donors (Lipinski definition) is 1. The van der Waals surface area contributed by atoms with Gasteiger partial charge in [-0.1, -0.05) is 0 Å². The number of ether oxygens (including phenoxy) is 1. The first-order chi connectivity index (χ1) is 3.81. The molecule has 1 N–H and O–H groups in total. The van der Waals surface area contributed by atoms with Crippen molar-refractivity contribution in [2.24, 2.45) is 0 Å². The van der Waals surface area contributed by atoms with Crippen molar-refractivity contribution in [3.63, 3.8) is 0 Å². The summed E-state index contributed by atoms with van der Waals surface area (Å²) >= 11 is 0. The topological polar surface area (TPSA) is 62.1 Å². The third-order valence-corrected chi connectivity index (χ3v) is 0.433. The van der Waals surface area contributed by atoms with E-state index < -0.39 is 6.09 Å². The maximum Gasteiger partial charge on any atom is 1.00 e. The first-order valence-corrected chi connectivity index (χ1v) is 2.13. The normalized spacial score (nSPS) is 6.22. The first kappa shape index (κ1) is 12.1. The van der Waals surface area contributed by atoms with E-state index in [9.17, 15) is 4.79 Å². The summed E-state index contributed by atoms with van der Waals surface area (Å²) in [7, 11) is 0. The molecule has 0 unspecified atom stereocenters. The van der Waals surface area contributed by atoms with E-state index in [2.05, 4.69) is 4.74 Å². The quantitative estimate of drug-likeness (QED) is 0.252. The minimum Gasteiger partial charge on any atom is -0.449 e. The van der Waals surface area contributed by atoms with Crippen molar-refractivity contribution in [3.8, 4) is 6.19 Å². The number of nitrogens with one attached hydrogen (secondary N) is 1. The molecule has 44 valence electrons. The van der Waals surface area contributed by atoms with Gasteiger partial charge in [-0.15, -0.1) is 0 Å². The fourth-order valence-corrected chi connectivity index (χ4v) is 0.213. The number of rotatable bonds is 1. The molecule has 0 rings (SSSR count). The molecule has 0 bridgehead atoms. The number of nitrogens with zero attached hydrogens (tertiary/aromatic N) is 1. The molecule has 0 spiro atoms. The van der Waals surface area contributed by atoms with Crippen LogP contribution >= 0.6 is 0 Å². The van der Waals surface area contributed by atoms with Crippen LogP contribution in [0.1, 0.15) is 6.92 Å². The zero-order valence-corrected chi connectivity index (χ0v) is 8.59. The van der Waals surface area contributed by atoms with Crippen molar-refractivity contribution in [3.05, 3.63) is 0 Å². The van der Waals surface area contributed by atoms with Crippen molar-refractivity contribution >= 4 is 6.09 Å². The van der Waals surface area contributed by atoms with Crippen LogP contribution in [0.15, 0.2) is 0 Å². The molecule has 0 aromatic rings. The van der Waals surface area contributed by atoms with Gasteiger partial charge in [0.05, 0.1) is 6.61 Å². The molecule has 0 atom stereocenters. The summed E-state index contributed by atoms with van der Waals surface area (Å²) in [6.45, 7) is 1.95. The van der Waals surface area contributed by atoms with Crippen LogP contribution < -0.4 is 56.7 Å². The summed E-state index contributed by atoms with van der Waals surface area (Å²) in [5.74, 6) is 0. The molecule has 0 fully saturated rings. The van der Waals surface area contributed by atoms with Gasteiger partial charge in [-0.2, -0.15) is 5.26 Å². The van der Waals surface area contributed by atoms with E-state index in [-0.39, 0.29) is 58.0 Å². The van der Waals surface area contributed by atoms with Crippen molar-refractivity contribution < 1.29 is 60.9 Å². The van der Waals surface area contributed by atoms with Crippen LogP contribution in [-0.2, 0) is 4.74 Å². The molecular formula is C4H6KN2O2+. The van der Waals surface area contributed by atoms with Gasteiger partial charge >= 0.3 is 57.5 Å². The van der Waals surface area contributed by atoms with Crippen molar-refractivity contribution in [1.29, 1.82) is 5.26 Å². The number of amides is 1. The minimum atomic E-state index is -0.699. The smallest absolute Gasteiger partial charge is 0.449 e. The van der Waals surface area contributed by atoms with E-state index in [4.69, 9.17) is 5.26 Å². The van der Waals surface area contributed by atoms with E-state index in [0.717, 1.165) is 0 Å². The Morgan fingerprint density at radius 1 is 1.89 bits per heavy atom. The molecule has 0 aliphatic carbocycles. The molecule has 0 radical (unpaired) electrons. The minimum absolute atomic E-state index is 0. The Morgan fingerprint density at radius 3 is 2.78 bits per heavy atom. The molecule has 4 nitrogen and oxygen atoms in total. The maximum atomic E-state index is 10.1. The summed E-state index contributed by atoms with van der Waals surface area (Å²) < 4.78 is 4.31. The summed E-state index contributed by atoms with van der Waals surface area (Å²) in [6, 6.07) is 0. The summed E-state index contributed by atoms with van der Waals surface area (Å²) in [5.41, 5.74) is 0. The van der Waals surface area contributed by atoms with Crippen molar-refractivity contribution in [1.82, 2.24) is 5.32 Å². The molecule has 9 heavy (non-hydrogen) atoms. The van der Waals surface area contributed by atoms with Crippen LogP contribution in [0, 0.1) is 11.5 Å². The molecule has 0 aromatic carbocycles. The Labute approximate surface area is 96.0 Å². The van der Waals surface area contributed by atoms with Crippen molar-refractivity contribution in [2.75, 3.05) is 6.61 Å². The summed E-state index contributed by atoms with van der Waals surface area (Å²) in [5, 5.41) is 9.59. The van der Waals surface area contributed by atoms with Gasteiger partial charge in [-0.05, 0) is 6.92 Å². The molecule has 0 saturated carbocycles. The van der Waals surface area contributed by atoms with E-state index in [1.54, 1.807) is 12.2 Å². The monoisotopic (exact) mass is 153 g/mol. The Bertz CT molecular complexity index is 120. The number of carbonyl (C=O) groups is 1. The molecular weight excluding hydrogens is 147 g/mol. The fraction of sp³-hybridized carbons (Fsp3) is 0.500. The maximum absolute atomic E-state index is 10.1. The van der Waals surface area contributed by atoms with E-state index >= 15 is 0 Å². The average Bonchev–Trinajstić information content (AvgIpc) is 1.68. The van der Waals surface area contributed by atoms with Gasteiger partial charge in [0, 0.05) is 0 Å². The second kappa shape index (κ2) is 8.40. The van der Waals surface area contributed by atoms with Crippen LogP contribution in [0.2, 0.25) is 0 Å². The van der Waals surface area contributed by atoms with Gasteiger partial charge in [0.2, 0.25) is 0 Å². The summed E-state index contributed by atoms with van der Waals surface area (Å²) in [4.78, 5) is 10.1. The molecule has 5 heteroatoms. The van der Waals surface area contributed by atoms with Gasteiger partial charge in [0.25, 0.3) is 0 Å². The van der Waals surface area contributed by atoms with E-state index in [1.807, 2.05) is 0 Å². The largest absolute Gasteiger partial charge is 1.00 e. The van der Waals surface area contributed by atoms with Gasteiger partial charge in [-0.3, -0.25) is 0 Å². The third kappa shape index (κ3) is 8.40.